The van der Waals surface area contributed by atoms with Gasteiger partial charge < -0.3 is 9.30 Å². The fourth-order valence-electron chi connectivity index (χ4n) is 2.37. The molecule has 1 aromatic heterocycles. The van der Waals surface area contributed by atoms with Gasteiger partial charge in [0.2, 0.25) is 0 Å². The first-order valence-corrected chi connectivity index (χ1v) is 8.73. The highest BCUT2D eigenvalue weighted by molar-refractivity contribution is 7.99. The summed E-state index contributed by atoms with van der Waals surface area (Å²) in [5.74, 6) is 2.34. The van der Waals surface area contributed by atoms with E-state index >= 15 is 0 Å². The fourth-order valence-corrected chi connectivity index (χ4v) is 3.23. The number of nitrogens with zero attached hydrogens (tertiary/aromatic N) is 3. The monoisotopic (exact) mass is 319 g/mol. The van der Waals surface area contributed by atoms with Gasteiger partial charge in [-0.3, -0.25) is 0 Å². The van der Waals surface area contributed by atoms with Crippen molar-refractivity contribution in [2.45, 2.75) is 51.7 Å². The summed E-state index contributed by atoms with van der Waals surface area (Å²) in [6, 6.07) is 6.72. The molecule has 1 aromatic carbocycles. The molecule has 0 fully saturated rings. The van der Waals surface area contributed by atoms with E-state index in [2.05, 4.69) is 67.6 Å². The van der Waals surface area contributed by atoms with E-state index in [1.165, 1.54) is 11.1 Å². The van der Waals surface area contributed by atoms with Crippen molar-refractivity contribution in [3.8, 4) is 5.75 Å². The van der Waals surface area contributed by atoms with Gasteiger partial charge in [-0.05, 0) is 49.9 Å². The van der Waals surface area contributed by atoms with Crippen LogP contribution in [0.3, 0.4) is 0 Å². The number of rotatable bonds is 7. The molecule has 1 heterocycles. The van der Waals surface area contributed by atoms with Crippen LogP contribution >= 0.6 is 11.8 Å². The van der Waals surface area contributed by atoms with Crippen LogP contribution < -0.4 is 4.74 Å². The molecule has 2 aromatic rings. The van der Waals surface area contributed by atoms with E-state index in [-0.39, 0.29) is 0 Å². The van der Waals surface area contributed by atoms with Crippen molar-refractivity contribution >= 4 is 11.8 Å². The molecule has 0 amide bonds. The fraction of sp³-hybridized carbons (Fsp3) is 0.529. The molecule has 2 rings (SSSR count). The van der Waals surface area contributed by atoms with Crippen LogP contribution in [0.15, 0.2) is 29.7 Å². The number of aromatic nitrogens is 3. The second kappa shape index (κ2) is 7.68. The number of ether oxygens (including phenoxy) is 1. The molecule has 0 atom stereocenters. The summed E-state index contributed by atoms with van der Waals surface area (Å²) < 4.78 is 7.92. The first-order chi connectivity index (χ1) is 10.5. The Morgan fingerprint density at radius 2 is 2.00 bits per heavy atom. The van der Waals surface area contributed by atoms with E-state index in [0.29, 0.717) is 18.6 Å². The van der Waals surface area contributed by atoms with Crippen molar-refractivity contribution in [1.82, 2.24) is 14.8 Å². The van der Waals surface area contributed by atoms with E-state index in [0.717, 1.165) is 16.7 Å². The third kappa shape index (κ3) is 4.26. The Hall–Kier alpha value is -1.49. The zero-order valence-electron chi connectivity index (χ0n) is 14.0. The summed E-state index contributed by atoms with van der Waals surface area (Å²) in [5, 5.41) is 9.07. The number of hydrogen-bond donors (Lipinski definition) is 0. The van der Waals surface area contributed by atoms with Crippen molar-refractivity contribution in [2.75, 3.05) is 12.4 Å². The average molecular weight is 319 g/mol. The summed E-state index contributed by atoms with van der Waals surface area (Å²) in [6.07, 6.45) is 1.78. The summed E-state index contributed by atoms with van der Waals surface area (Å²) in [6.45, 7) is 11.5. The third-order valence-corrected chi connectivity index (χ3v) is 4.46. The van der Waals surface area contributed by atoms with E-state index < -0.39 is 0 Å². The average Bonchev–Trinajstić information content (AvgIpc) is 2.92. The van der Waals surface area contributed by atoms with Gasteiger partial charge in [-0.25, -0.2) is 0 Å². The Morgan fingerprint density at radius 1 is 1.23 bits per heavy atom. The lowest BCUT2D eigenvalue weighted by Crippen LogP contribution is -2.05. The third-order valence-electron chi connectivity index (χ3n) is 3.54. The molecule has 0 aliphatic carbocycles. The van der Waals surface area contributed by atoms with Crippen molar-refractivity contribution in [2.24, 2.45) is 0 Å². The normalized spacial score (nSPS) is 11.4. The highest BCUT2D eigenvalue weighted by Crippen LogP contribution is 2.24. The molecule has 0 aliphatic rings. The Labute approximate surface area is 137 Å². The Morgan fingerprint density at radius 3 is 2.64 bits per heavy atom. The van der Waals surface area contributed by atoms with E-state index in [1.54, 1.807) is 18.1 Å². The van der Waals surface area contributed by atoms with Gasteiger partial charge in [0.25, 0.3) is 0 Å². The molecular formula is C17H25N3OS. The first-order valence-electron chi connectivity index (χ1n) is 7.74. The van der Waals surface area contributed by atoms with E-state index in [4.69, 9.17) is 4.74 Å². The van der Waals surface area contributed by atoms with Crippen molar-refractivity contribution in [3.63, 3.8) is 0 Å². The molecular weight excluding hydrogens is 294 g/mol. The quantitative estimate of drug-likeness (QED) is 0.558. The van der Waals surface area contributed by atoms with Crippen LogP contribution in [0.1, 0.15) is 50.8 Å². The topological polar surface area (TPSA) is 39.9 Å². The summed E-state index contributed by atoms with van der Waals surface area (Å²) in [5.41, 5.74) is 2.67. The second-order valence-electron chi connectivity index (χ2n) is 5.98. The standard InChI is InChI=1S/C17H25N3OS/c1-12(2)16-7-6-15(10-14(16)5)21-8-9-22-17-19-18-11-20(17)13(3)4/h6-7,10-13H,8-9H2,1-5H3. The highest BCUT2D eigenvalue weighted by Gasteiger charge is 2.08. The Bertz CT molecular complexity index is 608. The van der Waals surface area contributed by atoms with Crippen LogP contribution in [0, 0.1) is 6.92 Å². The van der Waals surface area contributed by atoms with Gasteiger partial charge in [-0.2, -0.15) is 0 Å². The zero-order valence-corrected chi connectivity index (χ0v) is 14.9. The molecule has 0 N–H and O–H groups in total. The van der Waals surface area contributed by atoms with Crippen LogP contribution in [0.2, 0.25) is 0 Å². The minimum atomic E-state index is 0.379. The molecule has 0 spiro atoms. The Kier molecular flexibility index (Phi) is 5.89. The van der Waals surface area contributed by atoms with Gasteiger partial charge in [0, 0.05) is 11.8 Å². The smallest absolute Gasteiger partial charge is 0.191 e. The molecule has 0 bridgehead atoms. The van der Waals surface area contributed by atoms with Crippen LogP contribution in [0.5, 0.6) is 5.75 Å². The van der Waals surface area contributed by atoms with Gasteiger partial charge in [-0.15, -0.1) is 10.2 Å². The molecule has 120 valence electrons. The van der Waals surface area contributed by atoms with Gasteiger partial charge in [-0.1, -0.05) is 31.7 Å². The lowest BCUT2D eigenvalue weighted by Gasteiger charge is -2.13. The molecule has 5 heteroatoms. The number of hydrogen-bond acceptors (Lipinski definition) is 4. The minimum Gasteiger partial charge on any atom is -0.493 e. The number of aryl methyl sites for hydroxylation is 1. The maximum Gasteiger partial charge on any atom is 0.191 e. The summed E-state index contributed by atoms with van der Waals surface area (Å²) in [7, 11) is 0. The molecule has 0 saturated carbocycles. The molecule has 0 aliphatic heterocycles. The zero-order chi connectivity index (χ0) is 16.1. The van der Waals surface area contributed by atoms with Crippen LogP contribution in [-0.4, -0.2) is 27.1 Å². The summed E-state index contributed by atoms with van der Waals surface area (Å²) in [4.78, 5) is 0. The molecule has 0 unspecified atom stereocenters. The van der Waals surface area contributed by atoms with E-state index in [1.807, 2.05) is 0 Å². The lowest BCUT2D eigenvalue weighted by atomic mass is 9.98. The first kappa shape index (κ1) is 16.9. The van der Waals surface area contributed by atoms with Crippen molar-refractivity contribution in [1.29, 1.82) is 0 Å². The maximum absolute atomic E-state index is 5.84. The SMILES string of the molecule is Cc1cc(OCCSc2nncn2C(C)C)ccc1C(C)C. The lowest BCUT2D eigenvalue weighted by molar-refractivity contribution is 0.343. The van der Waals surface area contributed by atoms with Gasteiger partial charge in [0.05, 0.1) is 6.61 Å². The van der Waals surface area contributed by atoms with Gasteiger partial charge >= 0.3 is 0 Å². The maximum atomic E-state index is 5.84. The molecule has 0 radical (unpaired) electrons. The van der Waals surface area contributed by atoms with Crippen molar-refractivity contribution in [3.05, 3.63) is 35.7 Å². The van der Waals surface area contributed by atoms with Crippen LogP contribution in [-0.2, 0) is 0 Å². The van der Waals surface area contributed by atoms with E-state index in [9.17, 15) is 0 Å². The van der Waals surface area contributed by atoms with Crippen LogP contribution in [0.4, 0.5) is 0 Å². The highest BCUT2D eigenvalue weighted by atomic mass is 32.2. The predicted octanol–water partition coefficient (Wildman–Crippen LogP) is 4.46. The van der Waals surface area contributed by atoms with Gasteiger partial charge in [0.15, 0.2) is 5.16 Å². The number of thioether (sulfide) groups is 1. The van der Waals surface area contributed by atoms with Crippen LogP contribution in [0.25, 0.3) is 0 Å². The Balaban J connectivity index is 1.84. The number of benzene rings is 1. The van der Waals surface area contributed by atoms with Gasteiger partial charge in [0.1, 0.15) is 12.1 Å². The van der Waals surface area contributed by atoms with Crippen molar-refractivity contribution < 1.29 is 4.74 Å². The molecule has 0 saturated heterocycles. The second-order valence-corrected chi connectivity index (χ2v) is 7.05. The molecule has 4 nitrogen and oxygen atoms in total. The molecule has 22 heavy (non-hydrogen) atoms. The largest absolute Gasteiger partial charge is 0.493 e. The minimum absolute atomic E-state index is 0.379. The summed E-state index contributed by atoms with van der Waals surface area (Å²) >= 11 is 1.68. The predicted molar refractivity (Wildman–Crippen MR) is 91.9 cm³/mol.